The van der Waals surface area contributed by atoms with E-state index >= 15 is 0 Å². The molecule has 0 aromatic carbocycles. The summed E-state index contributed by atoms with van der Waals surface area (Å²) < 4.78 is 0. The first-order chi connectivity index (χ1) is 9.29. The number of aromatic amines is 1. The van der Waals surface area contributed by atoms with Gasteiger partial charge in [0, 0.05) is 24.2 Å². The summed E-state index contributed by atoms with van der Waals surface area (Å²) >= 11 is 0. The molecule has 3 heteroatoms. The van der Waals surface area contributed by atoms with Gasteiger partial charge >= 0.3 is 0 Å². The molecule has 0 radical (unpaired) electrons. The Bertz CT molecular complexity index is 353. The number of H-pyrrole nitrogens is 1. The van der Waals surface area contributed by atoms with Gasteiger partial charge in [-0.2, -0.15) is 0 Å². The quantitative estimate of drug-likeness (QED) is 0.787. The number of nitrogens with zero attached hydrogens (tertiary/aromatic N) is 1. The van der Waals surface area contributed by atoms with Gasteiger partial charge in [0.15, 0.2) is 0 Å². The van der Waals surface area contributed by atoms with Crippen LogP contribution in [-0.2, 0) is 6.42 Å². The van der Waals surface area contributed by atoms with Gasteiger partial charge in [-0.25, -0.2) is 4.98 Å². The van der Waals surface area contributed by atoms with Crippen LogP contribution in [-0.4, -0.2) is 16.5 Å². The van der Waals surface area contributed by atoms with Crippen LogP contribution in [0.5, 0.6) is 0 Å². The highest BCUT2D eigenvalue weighted by Crippen LogP contribution is 2.29. The van der Waals surface area contributed by atoms with Crippen molar-refractivity contribution in [3.63, 3.8) is 0 Å². The van der Waals surface area contributed by atoms with Crippen molar-refractivity contribution < 1.29 is 0 Å². The summed E-state index contributed by atoms with van der Waals surface area (Å²) in [5.74, 6) is 2.70. The molecular weight excluding hydrogens is 234 g/mol. The van der Waals surface area contributed by atoms with Crippen LogP contribution in [0.2, 0.25) is 0 Å². The normalized spacial score (nSPS) is 18.6. The molecule has 0 bridgehead atoms. The van der Waals surface area contributed by atoms with E-state index in [9.17, 15) is 0 Å². The minimum absolute atomic E-state index is 0.551. The molecule has 0 spiro atoms. The summed E-state index contributed by atoms with van der Waals surface area (Å²) in [6.07, 6.45) is 14.2. The first-order valence-corrected chi connectivity index (χ1v) is 8.03. The second-order valence-corrected chi connectivity index (χ2v) is 6.17. The number of hydrogen-bond acceptors (Lipinski definition) is 2. The number of aromatic nitrogens is 2. The molecule has 1 aliphatic carbocycles. The van der Waals surface area contributed by atoms with Crippen molar-refractivity contribution in [2.24, 2.45) is 11.7 Å². The molecule has 3 N–H and O–H groups in total. The lowest BCUT2D eigenvalue weighted by Gasteiger charge is -2.21. The van der Waals surface area contributed by atoms with Gasteiger partial charge in [0.1, 0.15) is 5.82 Å². The lowest BCUT2D eigenvalue weighted by atomic mass is 9.85. The first-order valence-electron chi connectivity index (χ1n) is 8.03. The van der Waals surface area contributed by atoms with Crippen molar-refractivity contribution in [2.45, 2.75) is 70.6 Å². The largest absolute Gasteiger partial charge is 0.346 e. The number of rotatable bonds is 7. The molecule has 1 aromatic heterocycles. The fraction of sp³-hybridized carbons (Fsp3) is 0.812. The van der Waals surface area contributed by atoms with E-state index in [1.807, 2.05) is 6.20 Å². The van der Waals surface area contributed by atoms with Crippen LogP contribution in [0.1, 0.15) is 75.7 Å². The van der Waals surface area contributed by atoms with Crippen LogP contribution in [0.15, 0.2) is 6.20 Å². The molecule has 1 unspecified atom stereocenters. The van der Waals surface area contributed by atoms with Gasteiger partial charge in [-0.15, -0.1) is 0 Å². The fourth-order valence-corrected chi connectivity index (χ4v) is 3.23. The van der Waals surface area contributed by atoms with Crippen LogP contribution in [0.25, 0.3) is 0 Å². The predicted octanol–water partition coefficient (Wildman–Crippen LogP) is 3.77. The van der Waals surface area contributed by atoms with E-state index in [0.29, 0.717) is 12.5 Å². The van der Waals surface area contributed by atoms with Gasteiger partial charge in [-0.3, -0.25) is 0 Å². The molecule has 1 aromatic rings. The molecule has 1 heterocycles. The molecule has 1 atom stereocenters. The molecular formula is C16H29N3. The van der Waals surface area contributed by atoms with Gasteiger partial charge < -0.3 is 10.7 Å². The monoisotopic (exact) mass is 263 g/mol. The summed E-state index contributed by atoms with van der Waals surface area (Å²) in [7, 11) is 0. The summed E-state index contributed by atoms with van der Waals surface area (Å²) in [4.78, 5) is 7.90. The average molecular weight is 263 g/mol. The highest BCUT2D eigenvalue weighted by atomic mass is 14.9. The smallest absolute Gasteiger partial charge is 0.109 e. The Hall–Kier alpha value is -0.830. The topological polar surface area (TPSA) is 54.7 Å². The maximum atomic E-state index is 5.56. The minimum Gasteiger partial charge on any atom is -0.346 e. The van der Waals surface area contributed by atoms with E-state index < -0.39 is 0 Å². The highest BCUT2D eigenvalue weighted by molar-refractivity contribution is 5.05. The Labute approximate surface area is 117 Å². The number of nitrogens with two attached hydrogens (primary N) is 1. The van der Waals surface area contributed by atoms with Crippen LogP contribution in [0, 0.1) is 5.92 Å². The number of imidazole rings is 1. The van der Waals surface area contributed by atoms with Crippen molar-refractivity contribution in [1.29, 1.82) is 0 Å². The standard InChI is InChI=1S/C16H29N3/c1-13(16-18-12-15(19-16)10-11-17)6-5-9-14-7-3-2-4-8-14/h12-14H,2-11,17H2,1H3,(H,18,19). The van der Waals surface area contributed by atoms with Crippen molar-refractivity contribution in [1.82, 2.24) is 9.97 Å². The van der Waals surface area contributed by atoms with Gasteiger partial charge in [0.05, 0.1) is 0 Å². The molecule has 0 saturated heterocycles. The van der Waals surface area contributed by atoms with E-state index in [-0.39, 0.29) is 0 Å². The second kappa shape index (κ2) is 7.68. The highest BCUT2D eigenvalue weighted by Gasteiger charge is 2.15. The zero-order valence-electron chi connectivity index (χ0n) is 12.3. The van der Waals surface area contributed by atoms with E-state index in [1.165, 1.54) is 57.1 Å². The Balaban J connectivity index is 1.69. The SMILES string of the molecule is CC(CCCC1CCCCC1)c1ncc(CCN)[nH]1. The zero-order valence-corrected chi connectivity index (χ0v) is 12.3. The van der Waals surface area contributed by atoms with Crippen LogP contribution in [0.3, 0.4) is 0 Å². The molecule has 1 fully saturated rings. The number of hydrogen-bond donors (Lipinski definition) is 2. The van der Waals surface area contributed by atoms with Gasteiger partial charge in [-0.1, -0.05) is 51.9 Å². The molecule has 2 rings (SSSR count). The molecule has 1 aliphatic rings. The van der Waals surface area contributed by atoms with Crippen molar-refractivity contribution in [3.8, 4) is 0 Å². The number of nitrogens with one attached hydrogen (secondary N) is 1. The van der Waals surface area contributed by atoms with Crippen LogP contribution in [0.4, 0.5) is 0 Å². The molecule has 19 heavy (non-hydrogen) atoms. The maximum Gasteiger partial charge on any atom is 0.109 e. The third-order valence-corrected chi connectivity index (χ3v) is 4.50. The third kappa shape index (κ3) is 4.64. The third-order valence-electron chi connectivity index (χ3n) is 4.50. The van der Waals surface area contributed by atoms with Gasteiger partial charge in [-0.05, 0) is 18.9 Å². The lowest BCUT2D eigenvalue weighted by Crippen LogP contribution is -2.07. The van der Waals surface area contributed by atoms with Crippen molar-refractivity contribution >= 4 is 0 Å². The van der Waals surface area contributed by atoms with Gasteiger partial charge in [0.25, 0.3) is 0 Å². The lowest BCUT2D eigenvalue weighted by molar-refractivity contribution is 0.326. The second-order valence-electron chi connectivity index (χ2n) is 6.17. The summed E-state index contributed by atoms with van der Waals surface area (Å²) in [5, 5.41) is 0. The van der Waals surface area contributed by atoms with Gasteiger partial charge in [0.2, 0.25) is 0 Å². The first kappa shape index (κ1) is 14.6. The summed E-state index contributed by atoms with van der Waals surface area (Å²) in [5.41, 5.74) is 6.74. The van der Waals surface area contributed by atoms with E-state index in [4.69, 9.17) is 5.73 Å². The fourth-order valence-electron chi connectivity index (χ4n) is 3.23. The molecule has 0 amide bonds. The summed E-state index contributed by atoms with van der Waals surface area (Å²) in [6.45, 7) is 2.98. The zero-order chi connectivity index (χ0) is 13.5. The van der Waals surface area contributed by atoms with Crippen molar-refractivity contribution in [2.75, 3.05) is 6.54 Å². The Morgan fingerprint density at radius 1 is 1.37 bits per heavy atom. The van der Waals surface area contributed by atoms with Crippen LogP contribution >= 0.6 is 0 Å². The minimum atomic E-state index is 0.551. The Kier molecular flexibility index (Phi) is 5.90. The van der Waals surface area contributed by atoms with E-state index in [0.717, 1.165) is 18.2 Å². The average Bonchev–Trinajstić information content (AvgIpc) is 2.89. The molecule has 108 valence electrons. The Morgan fingerprint density at radius 3 is 2.89 bits per heavy atom. The molecule has 1 saturated carbocycles. The maximum absolute atomic E-state index is 5.56. The van der Waals surface area contributed by atoms with E-state index in [2.05, 4.69) is 16.9 Å². The van der Waals surface area contributed by atoms with Crippen molar-refractivity contribution in [3.05, 3.63) is 17.7 Å². The van der Waals surface area contributed by atoms with E-state index in [1.54, 1.807) is 0 Å². The Morgan fingerprint density at radius 2 is 2.16 bits per heavy atom. The van der Waals surface area contributed by atoms with Crippen LogP contribution < -0.4 is 5.73 Å². The predicted molar refractivity (Wildman–Crippen MR) is 80.2 cm³/mol. The molecule has 3 nitrogen and oxygen atoms in total. The molecule has 0 aliphatic heterocycles. The summed E-state index contributed by atoms with van der Waals surface area (Å²) in [6, 6.07) is 0.